The van der Waals surface area contributed by atoms with Crippen LogP contribution in [0.5, 0.6) is 11.5 Å². The number of carbonyl (C=O) groups excluding carboxylic acids is 2. The molecular formula is C14H14O6. The van der Waals surface area contributed by atoms with Gasteiger partial charge in [0.05, 0.1) is 13.2 Å². The minimum atomic E-state index is -0.366. The predicted octanol–water partition coefficient (Wildman–Crippen LogP) is 0.203. The molecule has 0 atom stereocenters. The Morgan fingerprint density at radius 3 is 2.15 bits per heavy atom. The van der Waals surface area contributed by atoms with Crippen molar-refractivity contribution in [1.82, 2.24) is 0 Å². The first kappa shape index (κ1) is 15.6. The number of aliphatic hydroxyl groups is 2. The van der Waals surface area contributed by atoms with Crippen LogP contribution in [0, 0.1) is 0 Å². The van der Waals surface area contributed by atoms with Gasteiger partial charge in [-0.25, -0.2) is 0 Å². The summed E-state index contributed by atoms with van der Waals surface area (Å²) in [4.78, 5) is 21.3. The van der Waals surface area contributed by atoms with Crippen LogP contribution in [0.3, 0.4) is 0 Å². The molecule has 0 aliphatic heterocycles. The van der Waals surface area contributed by atoms with E-state index in [2.05, 4.69) is 0 Å². The summed E-state index contributed by atoms with van der Waals surface area (Å²) in [5.74, 6) is -0.493. The van der Waals surface area contributed by atoms with E-state index in [1.54, 1.807) is 0 Å². The van der Waals surface area contributed by atoms with Gasteiger partial charge in [-0.2, -0.15) is 0 Å². The van der Waals surface area contributed by atoms with Crippen molar-refractivity contribution in [3.05, 3.63) is 47.6 Å². The minimum Gasteiger partial charge on any atom is -0.508 e. The average Bonchev–Trinajstić information content (AvgIpc) is 2.44. The topological polar surface area (TPSA) is 115 Å². The molecule has 6 nitrogen and oxygen atoms in total. The van der Waals surface area contributed by atoms with Crippen LogP contribution in [-0.4, -0.2) is 38.6 Å². The summed E-state index contributed by atoms with van der Waals surface area (Å²) >= 11 is 0. The Hall–Kier alpha value is -2.44. The molecule has 0 unspecified atom stereocenters. The summed E-state index contributed by atoms with van der Waals surface area (Å²) in [5, 5.41) is 34.9. The molecule has 1 aromatic rings. The normalized spacial score (nSPS) is 13.6. The van der Waals surface area contributed by atoms with Gasteiger partial charge in [0.25, 0.3) is 0 Å². The van der Waals surface area contributed by atoms with E-state index in [0.717, 1.165) is 12.2 Å². The number of ketones is 2. The smallest absolute Gasteiger partial charge is 0.184 e. The lowest BCUT2D eigenvalue weighted by Crippen LogP contribution is -2.10. The Morgan fingerprint density at radius 2 is 1.65 bits per heavy atom. The van der Waals surface area contributed by atoms with E-state index in [9.17, 15) is 9.59 Å². The Balaban J connectivity index is 0.000000200. The summed E-state index contributed by atoms with van der Waals surface area (Å²) in [6.45, 7) is -0.630. The molecule has 2 rings (SSSR count). The van der Waals surface area contributed by atoms with E-state index in [-0.39, 0.29) is 41.9 Å². The average molecular weight is 278 g/mol. The monoisotopic (exact) mass is 278 g/mol. The molecular weight excluding hydrogens is 264 g/mol. The van der Waals surface area contributed by atoms with Gasteiger partial charge in [-0.15, -0.1) is 0 Å². The minimum absolute atomic E-state index is 0.000278. The maximum Gasteiger partial charge on any atom is 0.184 e. The van der Waals surface area contributed by atoms with Crippen molar-refractivity contribution in [3.63, 3.8) is 0 Å². The first-order valence-electron chi connectivity index (χ1n) is 5.67. The van der Waals surface area contributed by atoms with Gasteiger partial charge in [0.1, 0.15) is 11.5 Å². The molecule has 1 aliphatic carbocycles. The molecule has 0 aromatic heterocycles. The van der Waals surface area contributed by atoms with Crippen LogP contribution in [0.2, 0.25) is 0 Å². The molecule has 0 saturated carbocycles. The quantitative estimate of drug-likeness (QED) is 0.454. The summed E-state index contributed by atoms with van der Waals surface area (Å²) < 4.78 is 0. The third-order valence-electron chi connectivity index (χ3n) is 2.44. The van der Waals surface area contributed by atoms with Crippen LogP contribution in [0.15, 0.2) is 42.0 Å². The summed E-state index contributed by atoms with van der Waals surface area (Å²) in [7, 11) is 0. The third kappa shape index (κ3) is 4.34. The molecule has 0 spiro atoms. The first-order chi connectivity index (χ1) is 9.47. The SMILES string of the molecule is O=C1C=CC(=O)C(CO)=C1.OCc1cc(O)ccc1O. The number of aliphatic hydroxyl groups excluding tert-OH is 2. The number of phenols is 2. The fourth-order valence-corrected chi connectivity index (χ4v) is 1.38. The van der Waals surface area contributed by atoms with Crippen molar-refractivity contribution in [1.29, 1.82) is 0 Å². The lowest BCUT2D eigenvalue weighted by Gasteiger charge is -2.00. The lowest BCUT2D eigenvalue weighted by molar-refractivity contribution is -0.114. The fourth-order valence-electron chi connectivity index (χ4n) is 1.38. The number of hydrogen-bond acceptors (Lipinski definition) is 6. The number of aromatic hydroxyl groups is 2. The number of hydrogen-bond donors (Lipinski definition) is 4. The number of phenolic OH excluding ortho intramolecular Hbond substituents is 1. The Kier molecular flexibility index (Phi) is 5.64. The van der Waals surface area contributed by atoms with E-state index in [1.807, 2.05) is 0 Å². The molecule has 1 aliphatic rings. The number of allylic oxidation sites excluding steroid dienone is 3. The molecule has 1 aromatic carbocycles. The van der Waals surface area contributed by atoms with Crippen molar-refractivity contribution < 1.29 is 30.0 Å². The first-order valence-corrected chi connectivity index (χ1v) is 5.67. The highest BCUT2D eigenvalue weighted by Gasteiger charge is 2.10. The van der Waals surface area contributed by atoms with Gasteiger partial charge in [-0.3, -0.25) is 9.59 Å². The highest BCUT2D eigenvalue weighted by atomic mass is 16.3. The van der Waals surface area contributed by atoms with Crippen molar-refractivity contribution in [3.8, 4) is 11.5 Å². The predicted molar refractivity (Wildman–Crippen MR) is 70.0 cm³/mol. The molecule has 6 heteroatoms. The molecule has 0 radical (unpaired) electrons. The van der Waals surface area contributed by atoms with Crippen molar-refractivity contribution in [2.75, 3.05) is 6.61 Å². The van der Waals surface area contributed by atoms with Crippen LogP contribution in [-0.2, 0) is 16.2 Å². The van der Waals surface area contributed by atoms with Gasteiger partial charge in [0.2, 0.25) is 0 Å². The van der Waals surface area contributed by atoms with Crippen molar-refractivity contribution in [2.24, 2.45) is 0 Å². The fraction of sp³-hybridized carbons (Fsp3) is 0.143. The number of benzene rings is 1. The summed E-state index contributed by atoms with van der Waals surface area (Å²) in [6.07, 6.45) is 3.48. The highest BCUT2D eigenvalue weighted by Crippen LogP contribution is 2.21. The molecule has 0 amide bonds. The molecule has 20 heavy (non-hydrogen) atoms. The second-order valence-electron chi connectivity index (χ2n) is 3.90. The third-order valence-corrected chi connectivity index (χ3v) is 2.44. The molecule has 0 heterocycles. The zero-order valence-corrected chi connectivity index (χ0v) is 10.5. The van der Waals surface area contributed by atoms with Crippen molar-refractivity contribution in [2.45, 2.75) is 6.61 Å². The van der Waals surface area contributed by atoms with E-state index in [4.69, 9.17) is 20.4 Å². The largest absolute Gasteiger partial charge is 0.508 e. The van der Waals surface area contributed by atoms with Crippen molar-refractivity contribution >= 4 is 11.6 Å². The molecule has 106 valence electrons. The second kappa shape index (κ2) is 7.22. The maximum atomic E-state index is 10.7. The van der Waals surface area contributed by atoms with Gasteiger partial charge >= 0.3 is 0 Å². The number of carbonyl (C=O) groups is 2. The molecule has 0 bridgehead atoms. The van der Waals surface area contributed by atoms with Crippen LogP contribution in [0.25, 0.3) is 0 Å². The van der Waals surface area contributed by atoms with Crippen LogP contribution in [0.4, 0.5) is 0 Å². The van der Waals surface area contributed by atoms with Gasteiger partial charge in [-0.05, 0) is 36.4 Å². The zero-order chi connectivity index (χ0) is 15.1. The van der Waals surface area contributed by atoms with Gasteiger partial charge in [-0.1, -0.05) is 0 Å². The van der Waals surface area contributed by atoms with E-state index in [1.165, 1.54) is 24.3 Å². The van der Waals surface area contributed by atoms with Crippen LogP contribution < -0.4 is 0 Å². The molecule has 0 saturated heterocycles. The summed E-state index contributed by atoms with van der Waals surface area (Å²) in [6, 6.07) is 4.00. The Morgan fingerprint density at radius 1 is 0.950 bits per heavy atom. The second-order valence-corrected chi connectivity index (χ2v) is 3.90. The standard InChI is InChI=1S/C7H8O3.C7H6O3/c2*8-4-5-3-6(9)1-2-7(5)10/h1-3,8-10H,4H2;1-3,8H,4H2. The van der Waals surface area contributed by atoms with Gasteiger partial charge in [0.15, 0.2) is 11.6 Å². The van der Waals surface area contributed by atoms with Gasteiger partial charge in [0, 0.05) is 11.1 Å². The Labute approximate surface area is 114 Å². The van der Waals surface area contributed by atoms with E-state index >= 15 is 0 Å². The highest BCUT2D eigenvalue weighted by molar-refractivity contribution is 6.17. The molecule has 0 fully saturated rings. The van der Waals surface area contributed by atoms with E-state index < -0.39 is 0 Å². The van der Waals surface area contributed by atoms with E-state index in [0.29, 0.717) is 5.56 Å². The van der Waals surface area contributed by atoms with Crippen LogP contribution in [0.1, 0.15) is 5.56 Å². The lowest BCUT2D eigenvalue weighted by atomic mass is 10.1. The zero-order valence-electron chi connectivity index (χ0n) is 10.5. The summed E-state index contributed by atoms with van der Waals surface area (Å²) in [5.41, 5.74) is 0.493. The van der Waals surface area contributed by atoms with Gasteiger partial charge < -0.3 is 20.4 Å². The molecule has 4 N–H and O–H groups in total. The Bertz CT molecular complexity index is 571. The number of rotatable bonds is 2. The maximum absolute atomic E-state index is 10.7. The van der Waals surface area contributed by atoms with Crippen LogP contribution >= 0.6 is 0 Å².